The molecule has 0 aliphatic rings. The van der Waals surface area contributed by atoms with Crippen molar-refractivity contribution in [2.45, 2.75) is 0 Å². The molecular formula is C11H9NO3S. The third kappa shape index (κ3) is 1.77. The van der Waals surface area contributed by atoms with Gasteiger partial charge in [0.25, 0.3) is 5.56 Å². The summed E-state index contributed by atoms with van der Waals surface area (Å²) in [6.45, 7) is 0. The van der Waals surface area contributed by atoms with Crippen molar-refractivity contribution >= 4 is 17.3 Å². The molecule has 16 heavy (non-hydrogen) atoms. The summed E-state index contributed by atoms with van der Waals surface area (Å²) in [5.41, 5.74) is 1.16. The minimum Gasteiger partial charge on any atom is -0.478 e. The van der Waals surface area contributed by atoms with Crippen LogP contribution in [0, 0.1) is 0 Å². The number of thiophene rings is 1. The van der Waals surface area contributed by atoms with Gasteiger partial charge in [-0.2, -0.15) is 11.3 Å². The molecule has 0 aromatic carbocycles. The van der Waals surface area contributed by atoms with E-state index in [-0.39, 0.29) is 11.1 Å². The smallest absolute Gasteiger partial charge is 0.337 e. The van der Waals surface area contributed by atoms with Gasteiger partial charge >= 0.3 is 5.97 Å². The number of carboxylic acid groups (broad SMARTS) is 1. The van der Waals surface area contributed by atoms with Gasteiger partial charge in [-0.15, -0.1) is 0 Å². The summed E-state index contributed by atoms with van der Waals surface area (Å²) in [6.07, 6.45) is 1.34. The molecule has 2 heterocycles. The molecule has 2 aromatic rings. The Morgan fingerprint density at radius 3 is 2.81 bits per heavy atom. The minimum atomic E-state index is -1.03. The Kier molecular flexibility index (Phi) is 2.62. The van der Waals surface area contributed by atoms with Crippen molar-refractivity contribution < 1.29 is 9.90 Å². The summed E-state index contributed by atoms with van der Waals surface area (Å²) < 4.78 is 1.26. The first-order chi connectivity index (χ1) is 7.59. The highest BCUT2D eigenvalue weighted by Gasteiger charge is 2.13. The number of aromatic nitrogens is 1. The largest absolute Gasteiger partial charge is 0.478 e. The van der Waals surface area contributed by atoms with E-state index >= 15 is 0 Å². The Morgan fingerprint density at radius 1 is 1.50 bits per heavy atom. The molecule has 0 unspecified atom stereocenters. The molecular weight excluding hydrogens is 226 g/mol. The SMILES string of the molecule is Cn1cc(C(=O)O)c(-c2ccsc2)cc1=O. The highest BCUT2D eigenvalue weighted by atomic mass is 32.1. The molecule has 0 atom stereocenters. The van der Waals surface area contributed by atoms with Crippen LogP contribution in [0.3, 0.4) is 0 Å². The van der Waals surface area contributed by atoms with Gasteiger partial charge in [0.05, 0.1) is 5.56 Å². The third-order valence-corrected chi connectivity index (χ3v) is 2.97. The number of carbonyl (C=O) groups is 1. The van der Waals surface area contributed by atoms with Crippen LogP contribution in [0.5, 0.6) is 0 Å². The lowest BCUT2D eigenvalue weighted by molar-refractivity contribution is 0.0697. The van der Waals surface area contributed by atoms with Crippen LogP contribution in [0.15, 0.2) is 33.9 Å². The highest BCUT2D eigenvalue weighted by Crippen LogP contribution is 2.24. The molecule has 0 saturated carbocycles. The number of pyridine rings is 1. The van der Waals surface area contributed by atoms with Crippen LogP contribution in [0.1, 0.15) is 10.4 Å². The van der Waals surface area contributed by atoms with E-state index in [4.69, 9.17) is 5.11 Å². The Bertz CT molecular complexity index is 584. The van der Waals surface area contributed by atoms with Crippen molar-refractivity contribution in [2.75, 3.05) is 0 Å². The molecule has 1 N–H and O–H groups in total. The molecule has 0 radical (unpaired) electrons. The number of aromatic carboxylic acids is 1. The van der Waals surface area contributed by atoms with Crippen molar-refractivity contribution in [3.05, 3.63) is 45.0 Å². The molecule has 0 amide bonds. The number of hydrogen-bond donors (Lipinski definition) is 1. The zero-order valence-electron chi connectivity index (χ0n) is 8.51. The Balaban J connectivity index is 2.73. The second-order valence-electron chi connectivity index (χ2n) is 3.37. The zero-order chi connectivity index (χ0) is 11.7. The lowest BCUT2D eigenvalue weighted by atomic mass is 10.1. The third-order valence-electron chi connectivity index (χ3n) is 2.29. The van der Waals surface area contributed by atoms with Gasteiger partial charge in [-0.3, -0.25) is 4.79 Å². The fraction of sp³-hybridized carbons (Fsp3) is 0.0909. The Labute approximate surface area is 95.4 Å². The van der Waals surface area contributed by atoms with Crippen molar-refractivity contribution in [3.8, 4) is 11.1 Å². The molecule has 0 aliphatic heterocycles. The van der Waals surface area contributed by atoms with Gasteiger partial charge < -0.3 is 9.67 Å². The summed E-state index contributed by atoms with van der Waals surface area (Å²) in [5, 5.41) is 12.7. The van der Waals surface area contributed by atoms with Crippen LogP contribution >= 0.6 is 11.3 Å². The standard InChI is InChI=1S/C11H9NO3S/c1-12-5-9(11(14)15)8(4-10(12)13)7-2-3-16-6-7/h2-6H,1H3,(H,14,15). The number of nitrogens with zero attached hydrogens (tertiary/aromatic N) is 1. The van der Waals surface area contributed by atoms with Crippen molar-refractivity contribution in [2.24, 2.45) is 7.05 Å². The van der Waals surface area contributed by atoms with Crippen molar-refractivity contribution in [3.63, 3.8) is 0 Å². The second-order valence-corrected chi connectivity index (χ2v) is 4.15. The van der Waals surface area contributed by atoms with Crippen LogP contribution < -0.4 is 5.56 Å². The van der Waals surface area contributed by atoms with E-state index in [0.717, 1.165) is 5.56 Å². The monoisotopic (exact) mass is 235 g/mol. The van der Waals surface area contributed by atoms with Gasteiger partial charge in [0, 0.05) is 24.9 Å². The fourth-order valence-electron chi connectivity index (χ4n) is 1.46. The van der Waals surface area contributed by atoms with Crippen LogP contribution in [0.2, 0.25) is 0 Å². The van der Waals surface area contributed by atoms with Gasteiger partial charge in [0.2, 0.25) is 0 Å². The van der Waals surface area contributed by atoms with E-state index in [1.165, 1.54) is 35.2 Å². The summed E-state index contributed by atoms with van der Waals surface area (Å²) in [4.78, 5) is 22.6. The molecule has 82 valence electrons. The number of rotatable bonds is 2. The molecule has 0 spiro atoms. The van der Waals surface area contributed by atoms with E-state index < -0.39 is 5.97 Å². The van der Waals surface area contributed by atoms with Gasteiger partial charge in [-0.05, 0) is 22.4 Å². The maximum absolute atomic E-state index is 11.5. The van der Waals surface area contributed by atoms with E-state index in [9.17, 15) is 9.59 Å². The molecule has 2 rings (SSSR count). The number of hydrogen-bond acceptors (Lipinski definition) is 3. The van der Waals surface area contributed by atoms with Gasteiger partial charge in [0.1, 0.15) is 0 Å². The number of aryl methyl sites for hydroxylation is 1. The maximum atomic E-state index is 11.5. The topological polar surface area (TPSA) is 59.3 Å². The Hall–Kier alpha value is -1.88. The first-order valence-electron chi connectivity index (χ1n) is 4.56. The van der Waals surface area contributed by atoms with E-state index in [2.05, 4.69) is 0 Å². The molecule has 0 fully saturated rings. The van der Waals surface area contributed by atoms with Crippen molar-refractivity contribution in [1.29, 1.82) is 0 Å². The Morgan fingerprint density at radius 2 is 2.25 bits per heavy atom. The molecule has 0 bridgehead atoms. The normalized spacial score (nSPS) is 10.3. The van der Waals surface area contributed by atoms with Crippen LogP contribution in [-0.4, -0.2) is 15.6 Å². The molecule has 4 nitrogen and oxygen atoms in total. The molecule has 0 aliphatic carbocycles. The van der Waals surface area contributed by atoms with E-state index in [1.54, 1.807) is 6.07 Å². The fourth-order valence-corrected chi connectivity index (χ4v) is 2.11. The summed E-state index contributed by atoms with van der Waals surface area (Å²) in [6, 6.07) is 3.15. The molecule has 0 saturated heterocycles. The lowest BCUT2D eigenvalue weighted by Gasteiger charge is -2.05. The predicted octanol–water partition coefficient (Wildman–Crippen LogP) is 1.81. The average molecular weight is 235 g/mol. The van der Waals surface area contributed by atoms with Gasteiger partial charge in [-0.1, -0.05) is 0 Å². The first kappa shape index (κ1) is 10.6. The maximum Gasteiger partial charge on any atom is 0.337 e. The second kappa shape index (κ2) is 3.94. The number of carboxylic acids is 1. The predicted molar refractivity (Wildman–Crippen MR) is 62.0 cm³/mol. The molecule has 2 aromatic heterocycles. The molecule has 5 heteroatoms. The average Bonchev–Trinajstić information content (AvgIpc) is 2.74. The van der Waals surface area contributed by atoms with Crippen molar-refractivity contribution in [1.82, 2.24) is 4.57 Å². The first-order valence-corrected chi connectivity index (χ1v) is 5.50. The van der Waals surface area contributed by atoms with Crippen LogP contribution in [0.25, 0.3) is 11.1 Å². The quantitative estimate of drug-likeness (QED) is 0.863. The van der Waals surface area contributed by atoms with Gasteiger partial charge in [-0.25, -0.2) is 4.79 Å². The minimum absolute atomic E-state index is 0.139. The van der Waals surface area contributed by atoms with Crippen LogP contribution in [-0.2, 0) is 7.05 Å². The summed E-state index contributed by atoms with van der Waals surface area (Å²) in [7, 11) is 1.53. The van der Waals surface area contributed by atoms with E-state index in [1.807, 2.05) is 10.8 Å². The summed E-state index contributed by atoms with van der Waals surface area (Å²) >= 11 is 1.46. The highest BCUT2D eigenvalue weighted by molar-refractivity contribution is 7.08. The summed E-state index contributed by atoms with van der Waals surface area (Å²) in [5.74, 6) is -1.03. The van der Waals surface area contributed by atoms with Crippen LogP contribution in [0.4, 0.5) is 0 Å². The zero-order valence-corrected chi connectivity index (χ0v) is 9.32. The lowest BCUT2D eigenvalue weighted by Crippen LogP contribution is -2.18. The van der Waals surface area contributed by atoms with Gasteiger partial charge in [0.15, 0.2) is 0 Å². The van der Waals surface area contributed by atoms with E-state index in [0.29, 0.717) is 5.56 Å².